The van der Waals surface area contributed by atoms with E-state index in [1.165, 1.54) is 0 Å². The van der Waals surface area contributed by atoms with E-state index in [2.05, 4.69) is 17.2 Å². The first-order chi connectivity index (χ1) is 20.3. The third-order valence-electron chi connectivity index (χ3n) is 7.31. The second-order valence-corrected chi connectivity index (χ2v) is 11.9. The number of benzene rings is 3. The molecule has 0 aliphatic rings. The Morgan fingerprint density at radius 2 is 1.58 bits per heavy atom. The van der Waals surface area contributed by atoms with E-state index in [0.29, 0.717) is 17.7 Å². The quantitative estimate of drug-likeness (QED) is 0.246. The average Bonchev–Trinajstić information content (AvgIpc) is 2.96. The molecule has 0 bridgehead atoms. The fraction of sp³-hybridized carbons (Fsp3) is 0.361. The standard InChI is InChI=1S/C36H45N3O4/c1-9-26(5)39(34(41)30(23-28-18-12-11-13-19-28)37-35(42)43-36(6,7)8)32(29-21-15-20-27(10-2)22-29)33(40)38-31-24(3)16-14-17-25(31)4/h10-22,26,30,32H,2,9,23H2,1,3-8H3,(H,37,42)(H,38,40). The molecule has 0 aromatic heterocycles. The molecule has 3 aromatic carbocycles. The summed E-state index contributed by atoms with van der Waals surface area (Å²) in [5.74, 6) is -0.724. The van der Waals surface area contributed by atoms with Crippen LogP contribution in [0.2, 0.25) is 0 Å². The van der Waals surface area contributed by atoms with Gasteiger partial charge in [-0.1, -0.05) is 86.3 Å². The van der Waals surface area contributed by atoms with Crippen LogP contribution in [0.4, 0.5) is 10.5 Å². The SMILES string of the molecule is C=Cc1cccc(C(C(=O)Nc2c(C)cccc2C)N(C(=O)C(Cc2ccccc2)NC(=O)OC(C)(C)C)C(C)CC)c1. The summed E-state index contributed by atoms with van der Waals surface area (Å²) in [7, 11) is 0. The van der Waals surface area contributed by atoms with Crippen LogP contribution < -0.4 is 10.6 Å². The topological polar surface area (TPSA) is 87.7 Å². The van der Waals surface area contributed by atoms with Crippen molar-refractivity contribution in [1.82, 2.24) is 10.2 Å². The lowest BCUT2D eigenvalue weighted by Crippen LogP contribution is -2.55. The summed E-state index contributed by atoms with van der Waals surface area (Å²) < 4.78 is 5.54. The molecule has 2 N–H and O–H groups in total. The zero-order valence-electron chi connectivity index (χ0n) is 26.4. The lowest BCUT2D eigenvalue weighted by atomic mass is 9.96. The number of anilines is 1. The number of nitrogens with zero attached hydrogens (tertiary/aromatic N) is 1. The van der Waals surface area contributed by atoms with E-state index in [1.807, 2.05) is 100 Å². The van der Waals surface area contributed by atoms with E-state index >= 15 is 0 Å². The van der Waals surface area contributed by atoms with Gasteiger partial charge in [0.1, 0.15) is 17.7 Å². The van der Waals surface area contributed by atoms with Crippen molar-refractivity contribution in [2.75, 3.05) is 5.32 Å². The van der Waals surface area contributed by atoms with Gasteiger partial charge in [-0.15, -0.1) is 0 Å². The maximum atomic E-state index is 14.7. The molecule has 0 radical (unpaired) electrons. The van der Waals surface area contributed by atoms with Crippen molar-refractivity contribution in [1.29, 1.82) is 0 Å². The highest BCUT2D eigenvalue weighted by molar-refractivity contribution is 6.00. The molecule has 0 fully saturated rings. The fourth-order valence-corrected chi connectivity index (χ4v) is 4.97. The number of alkyl carbamates (subject to hydrolysis) is 1. The van der Waals surface area contributed by atoms with Gasteiger partial charge in [-0.3, -0.25) is 9.59 Å². The van der Waals surface area contributed by atoms with Crippen molar-refractivity contribution in [3.63, 3.8) is 0 Å². The summed E-state index contributed by atoms with van der Waals surface area (Å²) in [5.41, 5.74) is 4.13. The van der Waals surface area contributed by atoms with Crippen LogP contribution in [0.5, 0.6) is 0 Å². The Bertz CT molecular complexity index is 1410. The zero-order valence-corrected chi connectivity index (χ0v) is 26.4. The molecule has 0 aliphatic heterocycles. The summed E-state index contributed by atoms with van der Waals surface area (Å²) in [5, 5.41) is 5.94. The minimum atomic E-state index is -0.986. The number of ether oxygens (including phenoxy) is 1. The molecule has 7 heteroatoms. The summed E-state index contributed by atoms with van der Waals surface area (Å²) in [6.07, 6.45) is 1.83. The van der Waals surface area contributed by atoms with Gasteiger partial charge in [0, 0.05) is 18.2 Å². The summed E-state index contributed by atoms with van der Waals surface area (Å²) in [6, 6.07) is 20.5. The van der Waals surface area contributed by atoms with Gasteiger partial charge in [0.25, 0.3) is 5.91 Å². The molecule has 0 saturated carbocycles. The molecule has 3 rings (SSSR count). The molecular formula is C36H45N3O4. The van der Waals surface area contributed by atoms with Gasteiger partial charge in [-0.25, -0.2) is 4.79 Å². The Hall–Kier alpha value is -4.39. The van der Waals surface area contributed by atoms with Crippen molar-refractivity contribution in [3.05, 3.63) is 107 Å². The van der Waals surface area contributed by atoms with Crippen LogP contribution in [-0.2, 0) is 20.7 Å². The van der Waals surface area contributed by atoms with Crippen molar-refractivity contribution in [2.24, 2.45) is 0 Å². The number of carbonyl (C=O) groups excluding carboxylic acids is 3. The smallest absolute Gasteiger partial charge is 0.408 e. The monoisotopic (exact) mass is 583 g/mol. The number of aryl methyl sites for hydroxylation is 2. The maximum Gasteiger partial charge on any atom is 0.408 e. The van der Waals surface area contributed by atoms with Gasteiger partial charge in [0.2, 0.25) is 5.91 Å². The van der Waals surface area contributed by atoms with Crippen LogP contribution in [-0.4, -0.2) is 40.5 Å². The molecule has 3 atom stereocenters. The summed E-state index contributed by atoms with van der Waals surface area (Å²) in [6.45, 7) is 17.0. The highest BCUT2D eigenvalue weighted by Gasteiger charge is 2.39. The first-order valence-corrected chi connectivity index (χ1v) is 14.8. The maximum absolute atomic E-state index is 14.7. The normalized spacial score (nSPS) is 13.3. The zero-order chi connectivity index (χ0) is 31.7. The number of hydrogen-bond donors (Lipinski definition) is 2. The number of carbonyl (C=O) groups is 3. The van der Waals surface area contributed by atoms with Crippen molar-refractivity contribution >= 4 is 29.7 Å². The van der Waals surface area contributed by atoms with E-state index in [0.717, 1.165) is 22.3 Å². The number of hydrogen-bond acceptors (Lipinski definition) is 4. The molecule has 43 heavy (non-hydrogen) atoms. The van der Waals surface area contributed by atoms with Crippen molar-refractivity contribution in [2.45, 2.75) is 85.0 Å². The Morgan fingerprint density at radius 1 is 0.953 bits per heavy atom. The highest BCUT2D eigenvalue weighted by Crippen LogP contribution is 2.30. The molecule has 0 saturated heterocycles. The lowest BCUT2D eigenvalue weighted by molar-refractivity contribution is -0.143. The fourth-order valence-electron chi connectivity index (χ4n) is 4.97. The van der Waals surface area contributed by atoms with Gasteiger partial charge in [0.15, 0.2) is 0 Å². The number of nitrogens with one attached hydrogen (secondary N) is 2. The molecule has 0 aliphatic carbocycles. The average molecular weight is 584 g/mol. The van der Waals surface area contributed by atoms with Gasteiger partial charge in [-0.2, -0.15) is 0 Å². The summed E-state index contributed by atoms with van der Waals surface area (Å²) in [4.78, 5) is 43.6. The van der Waals surface area contributed by atoms with Crippen LogP contribution in [0.25, 0.3) is 6.08 Å². The molecular weight excluding hydrogens is 538 g/mol. The number of para-hydroxylation sites is 1. The van der Waals surface area contributed by atoms with Crippen LogP contribution in [0, 0.1) is 13.8 Å². The van der Waals surface area contributed by atoms with Crippen LogP contribution in [0.15, 0.2) is 79.4 Å². The van der Waals surface area contributed by atoms with Crippen molar-refractivity contribution < 1.29 is 19.1 Å². The Kier molecular flexibility index (Phi) is 11.3. The van der Waals surface area contributed by atoms with Crippen LogP contribution in [0.1, 0.15) is 74.9 Å². The van der Waals surface area contributed by atoms with E-state index in [1.54, 1.807) is 31.7 Å². The largest absolute Gasteiger partial charge is 0.444 e. The van der Waals surface area contributed by atoms with E-state index in [9.17, 15) is 14.4 Å². The molecule has 3 amide bonds. The second kappa shape index (κ2) is 14.7. The Balaban J connectivity index is 2.14. The summed E-state index contributed by atoms with van der Waals surface area (Å²) >= 11 is 0. The Morgan fingerprint density at radius 3 is 2.16 bits per heavy atom. The van der Waals surface area contributed by atoms with Crippen LogP contribution in [0.3, 0.4) is 0 Å². The third kappa shape index (κ3) is 9.05. The molecule has 0 heterocycles. The minimum Gasteiger partial charge on any atom is -0.444 e. The second-order valence-electron chi connectivity index (χ2n) is 11.9. The lowest BCUT2D eigenvalue weighted by Gasteiger charge is -2.38. The minimum absolute atomic E-state index is 0.226. The van der Waals surface area contributed by atoms with E-state index < -0.39 is 23.8 Å². The molecule has 3 aromatic rings. The first kappa shape index (κ1) is 33.1. The van der Waals surface area contributed by atoms with Crippen molar-refractivity contribution in [3.8, 4) is 0 Å². The van der Waals surface area contributed by atoms with Crippen LogP contribution >= 0.6 is 0 Å². The van der Waals surface area contributed by atoms with Gasteiger partial charge in [0.05, 0.1) is 0 Å². The predicted molar refractivity (Wildman–Crippen MR) is 174 cm³/mol. The predicted octanol–water partition coefficient (Wildman–Crippen LogP) is 7.39. The van der Waals surface area contributed by atoms with Gasteiger partial charge in [-0.05, 0) is 81.8 Å². The van der Waals surface area contributed by atoms with Gasteiger partial charge >= 0.3 is 6.09 Å². The Labute approximate surface area is 256 Å². The molecule has 0 spiro atoms. The third-order valence-corrected chi connectivity index (χ3v) is 7.31. The van der Waals surface area contributed by atoms with Gasteiger partial charge < -0.3 is 20.3 Å². The molecule has 3 unspecified atom stereocenters. The highest BCUT2D eigenvalue weighted by atomic mass is 16.6. The van der Waals surface area contributed by atoms with E-state index in [-0.39, 0.29) is 24.3 Å². The number of rotatable bonds is 11. The first-order valence-electron chi connectivity index (χ1n) is 14.8. The number of amides is 3. The molecule has 7 nitrogen and oxygen atoms in total. The molecule has 228 valence electrons. The van der Waals surface area contributed by atoms with E-state index in [4.69, 9.17) is 4.74 Å².